The van der Waals surface area contributed by atoms with Crippen molar-refractivity contribution in [1.29, 1.82) is 0 Å². The largest absolute Gasteiger partial charge is 0.507 e. The smallest absolute Gasteiger partial charge is 0.257 e. The molecular weight excluding hydrogens is 304 g/mol. The second kappa shape index (κ2) is 7.49. The SMILES string of the molecule is CC(=O)NCC[C@H]1CCCCN1C(=O)c1ccc(Cl)cc1O. The molecule has 0 spiro atoms. The number of nitrogens with zero attached hydrogens (tertiary/aromatic N) is 1. The molecule has 0 aromatic heterocycles. The van der Waals surface area contributed by atoms with Crippen LogP contribution in [0.1, 0.15) is 43.0 Å². The van der Waals surface area contributed by atoms with Crippen molar-refractivity contribution >= 4 is 23.4 Å². The van der Waals surface area contributed by atoms with Crippen molar-refractivity contribution in [2.45, 2.75) is 38.6 Å². The zero-order chi connectivity index (χ0) is 16.1. The van der Waals surface area contributed by atoms with Gasteiger partial charge in [0.25, 0.3) is 5.91 Å². The van der Waals surface area contributed by atoms with Crippen LogP contribution in [0.25, 0.3) is 0 Å². The van der Waals surface area contributed by atoms with Gasteiger partial charge in [-0.25, -0.2) is 0 Å². The first-order chi connectivity index (χ1) is 10.5. The molecule has 120 valence electrons. The van der Waals surface area contributed by atoms with Crippen molar-refractivity contribution in [2.75, 3.05) is 13.1 Å². The van der Waals surface area contributed by atoms with E-state index in [0.717, 1.165) is 25.7 Å². The van der Waals surface area contributed by atoms with Gasteiger partial charge in [-0.3, -0.25) is 9.59 Å². The molecule has 0 unspecified atom stereocenters. The molecule has 5 nitrogen and oxygen atoms in total. The third kappa shape index (κ3) is 4.13. The van der Waals surface area contributed by atoms with Crippen molar-refractivity contribution < 1.29 is 14.7 Å². The number of likely N-dealkylation sites (tertiary alicyclic amines) is 1. The second-order valence-corrected chi connectivity index (χ2v) is 6.02. The summed E-state index contributed by atoms with van der Waals surface area (Å²) >= 11 is 5.81. The fourth-order valence-electron chi connectivity index (χ4n) is 2.82. The van der Waals surface area contributed by atoms with Crippen LogP contribution in [0.2, 0.25) is 5.02 Å². The Bertz CT molecular complexity index is 562. The van der Waals surface area contributed by atoms with Gasteiger partial charge in [-0.2, -0.15) is 0 Å². The van der Waals surface area contributed by atoms with Crippen LogP contribution in [0.3, 0.4) is 0 Å². The van der Waals surface area contributed by atoms with Crippen LogP contribution in [0.4, 0.5) is 0 Å². The molecule has 2 amide bonds. The van der Waals surface area contributed by atoms with Crippen LogP contribution in [0, 0.1) is 0 Å². The van der Waals surface area contributed by atoms with Gasteiger partial charge < -0.3 is 15.3 Å². The molecule has 1 atom stereocenters. The van der Waals surface area contributed by atoms with E-state index in [9.17, 15) is 14.7 Å². The van der Waals surface area contributed by atoms with E-state index >= 15 is 0 Å². The van der Waals surface area contributed by atoms with Crippen LogP contribution in [0.15, 0.2) is 18.2 Å². The number of hydrogen-bond acceptors (Lipinski definition) is 3. The summed E-state index contributed by atoms with van der Waals surface area (Å²) in [6.45, 7) is 2.71. The van der Waals surface area contributed by atoms with E-state index in [-0.39, 0.29) is 29.2 Å². The summed E-state index contributed by atoms with van der Waals surface area (Å²) in [6, 6.07) is 4.62. The van der Waals surface area contributed by atoms with E-state index in [1.54, 1.807) is 17.0 Å². The Morgan fingerprint density at radius 3 is 2.86 bits per heavy atom. The molecule has 1 aliphatic heterocycles. The lowest BCUT2D eigenvalue weighted by atomic mass is 9.98. The first-order valence-corrected chi connectivity index (χ1v) is 7.90. The highest BCUT2D eigenvalue weighted by molar-refractivity contribution is 6.30. The molecule has 1 aromatic carbocycles. The molecule has 22 heavy (non-hydrogen) atoms. The number of benzene rings is 1. The van der Waals surface area contributed by atoms with Crippen molar-refractivity contribution in [3.63, 3.8) is 0 Å². The topological polar surface area (TPSA) is 69.6 Å². The number of halogens is 1. The lowest BCUT2D eigenvalue weighted by molar-refractivity contribution is -0.119. The Morgan fingerprint density at radius 2 is 2.18 bits per heavy atom. The highest BCUT2D eigenvalue weighted by Gasteiger charge is 2.28. The fourth-order valence-corrected chi connectivity index (χ4v) is 2.99. The summed E-state index contributed by atoms with van der Waals surface area (Å²) in [4.78, 5) is 25.4. The van der Waals surface area contributed by atoms with Crippen LogP contribution >= 0.6 is 11.6 Å². The van der Waals surface area contributed by atoms with Crippen LogP contribution in [-0.4, -0.2) is 41.0 Å². The lowest BCUT2D eigenvalue weighted by Gasteiger charge is -2.36. The van der Waals surface area contributed by atoms with Gasteiger partial charge in [0.2, 0.25) is 5.91 Å². The number of phenols is 1. The first kappa shape index (κ1) is 16.6. The van der Waals surface area contributed by atoms with Gasteiger partial charge in [-0.05, 0) is 43.9 Å². The van der Waals surface area contributed by atoms with E-state index in [1.807, 2.05) is 0 Å². The van der Waals surface area contributed by atoms with E-state index in [2.05, 4.69) is 5.32 Å². The predicted octanol–water partition coefficient (Wildman–Crippen LogP) is 2.57. The Hall–Kier alpha value is -1.75. The maximum Gasteiger partial charge on any atom is 0.257 e. The summed E-state index contributed by atoms with van der Waals surface area (Å²) in [5, 5.41) is 13.1. The molecule has 2 rings (SSSR count). The molecule has 1 saturated heterocycles. The molecule has 0 aliphatic carbocycles. The number of carbonyl (C=O) groups excluding carboxylic acids is 2. The van der Waals surface area contributed by atoms with Gasteiger partial charge in [0.05, 0.1) is 5.56 Å². The zero-order valence-electron chi connectivity index (χ0n) is 12.6. The summed E-state index contributed by atoms with van der Waals surface area (Å²) < 4.78 is 0. The maximum absolute atomic E-state index is 12.7. The number of carbonyl (C=O) groups is 2. The zero-order valence-corrected chi connectivity index (χ0v) is 13.4. The molecule has 2 N–H and O–H groups in total. The van der Waals surface area contributed by atoms with Crippen LogP contribution < -0.4 is 5.32 Å². The monoisotopic (exact) mass is 324 g/mol. The van der Waals surface area contributed by atoms with E-state index in [4.69, 9.17) is 11.6 Å². The molecule has 6 heteroatoms. The van der Waals surface area contributed by atoms with Gasteiger partial charge in [-0.15, -0.1) is 0 Å². The number of aromatic hydroxyl groups is 1. The second-order valence-electron chi connectivity index (χ2n) is 5.58. The number of piperidine rings is 1. The summed E-state index contributed by atoms with van der Waals surface area (Å²) in [5.41, 5.74) is 0.274. The van der Waals surface area contributed by atoms with E-state index < -0.39 is 0 Å². The summed E-state index contributed by atoms with van der Waals surface area (Å²) in [5.74, 6) is -0.339. The highest BCUT2D eigenvalue weighted by atomic mass is 35.5. The van der Waals surface area contributed by atoms with Gasteiger partial charge >= 0.3 is 0 Å². The molecule has 1 aliphatic rings. The Labute approximate surface area is 135 Å². The van der Waals surface area contributed by atoms with Crippen LogP contribution in [0.5, 0.6) is 5.75 Å². The van der Waals surface area contributed by atoms with Crippen molar-refractivity contribution in [3.8, 4) is 5.75 Å². The third-order valence-electron chi connectivity index (χ3n) is 3.93. The standard InChI is InChI=1S/C16H21ClN2O3/c1-11(20)18-8-7-13-4-2-3-9-19(13)16(22)14-6-5-12(17)10-15(14)21/h5-6,10,13,21H,2-4,7-9H2,1H3,(H,18,20)/t13-/m1/s1. The Balaban J connectivity index is 2.09. The van der Waals surface area contributed by atoms with Crippen molar-refractivity contribution in [2.24, 2.45) is 0 Å². The molecule has 1 aromatic rings. The van der Waals surface area contributed by atoms with Crippen molar-refractivity contribution in [3.05, 3.63) is 28.8 Å². The highest BCUT2D eigenvalue weighted by Crippen LogP contribution is 2.27. The minimum Gasteiger partial charge on any atom is -0.507 e. The average molecular weight is 325 g/mol. The number of nitrogens with one attached hydrogen (secondary N) is 1. The number of rotatable bonds is 4. The average Bonchev–Trinajstić information content (AvgIpc) is 2.47. The number of phenolic OH excluding ortho intramolecular Hbond substituents is 1. The first-order valence-electron chi connectivity index (χ1n) is 7.53. The van der Waals surface area contributed by atoms with E-state index in [1.165, 1.54) is 13.0 Å². The summed E-state index contributed by atoms with van der Waals surface area (Å²) in [6.07, 6.45) is 3.66. The van der Waals surface area contributed by atoms with Gasteiger partial charge in [0, 0.05) is 31.1 Å². The molecule has 1 fully saturated rings. The minimum atomic E-state index is -0.179. The Kier molecular flexibility index (Phi) is 5.66. The minimum absolute atomic E-state index is 0.0657. The Morgan fingerprint density at radius 1 is 1.41 bits per heavy atom. The maximum atomic E-state index is 12.7. The number of hydrogen-bond donors (Lipinski definition) is 2. The molecule has 1 heterocycles. The fraction of sp³-hybridized carbons (Fsp3) is 0.500. The van der Waals surface area contributed by atoms with Crippen molar-refractivity contribution in [1.82, 2.24) is 10.2 Å². The normalized spacial score (nSPS) is 18.1. The summed E-state index contributed by atoms with van der Waals surface area (Å²) in [7, 11) is 0. The molecule has 0 bridgehead atoms. The molecular formula is C16H21ClN2O3. The molecule has 0 radical (unpaired) electrons. The van der Waals surface area contributed by atoms with E-state index in [0.29, 0.717) is 18.1 Å². The quantitative estimate of drug-likeness (QED) is 0.894. The molecule has 0 saturated carbocycles. The van der Waals surface area contributed by atoms with Crippen LogP contribution in [-0.2, 0) is 4.79 Å². The third-order valence-corrected chi connectivity index (χ3v) is 4.16. The van der Waals surface area contributed by atoms with Gasteiger partial charge in [0.15, 0.2) is 0 Å². The predicted molar refractivity (Wildman–Crippen MR) is 85.1 cm³/mol. The van der Waals surface area contributed by atoms with Gasteiger partial charge in [0.1, 0.15) is 5.75 Å². The van der Waals surface area contributed by atoms with Gasteiger partial charge in [-0.1, -0.05) is 11.6 Å². The lowest BCUT2D eigenvalue weighted by Crippen LogP contribution is -2.45. The number of amides is 2.